The molecule has 0 saturated carbocycles. The first kappa shape index (κ1) is 15.5. The molecule has 23 heavy (non-hydrogen) atoms. The Kier molecular flexibility index (Phi) is 3.91. The first-order valence-corrected chi connectivity index (χ1v) is 8.83. The van der Waals surface area contributed by atoms with E-state index < -0.39 is 0 Å². The predicted octanol–water partition coefficient (Wildman–Crippen LogP) is 4.03. The van der Waals surface area contributed by atoms with Crippen LogP contribution in [0.1, 0.15) is 24.8 Å². The number of fused-ring (bicyclic) bond motifs is 1. The van der Waals surface area contributed by atoms with Crippen molar-refractivity contribution in [3.05, 3.63) is 39.4 Å². The molecule has 0 amide bonds. The van der Waals surface area contributed by atoms with Crippen LogP contribution in [0.15, 0.2) is 23.8 Å². The third-order valence-electron chi connectivity index (χ3n) is 5.68. The van der Waals surface area contributed by atoms with Gasteiger partial charge in [-0.3, -0.25) is 9.69 Å². The van der Waals surface area contributed by atoms with Gasteiger partial charge in [-0.05, 0) is 42.9 Å². The van der Waals surface area contributed by atoms with Gasteiger partial charge in [0.15, 0.2) is 0 Å². The highest BCUT2D eigenvalue weighted by Gasteiger charge is 2.55. The van der Waals surface area contributed by atoms with Crippen molar-refractivity contribution in [2.75, 3.05) is 13.7 Å². The number of ether oxygens (including phenoxy) is 1. The largest absolute Gasteiger partial charge is 0.469 e. The molecule has 0 N–H and O–H groups in total. The van der Waals surface area contributed by atoms with Gasteiger partial charge in [0.1, 0.15) is 0 Å². The van der Waals surface area contributed by atoms with Crippen molar-refractivity contribution in [1.29, 1.82) is 0 Å². The molecule has 5 heteroatoms. The number of hydrogen-bond donors (Lipinski definition) is 0. The van der Waals surface area contributed by atoms with Crippen LogP contribution in [0, 0.1) is 11.8 Å². The number of methoxy groups -OCH3 is 1. The molecule has 4 saturated heterocycles. The lowest BCUT2D eigenvalue weighted by atomic mass is 9.71. The van der Waals surface area contributed by atoms with Gasteiger partial charge in [0.25, 0.3) is 0 Å². The van der Waals surface area contributed by atoms with E-state index in [-0.39, 0.29) is 11.9 Å². The van der Waals surface area contributed by atoms with Crippen LogP contribution in [0.3, 0.4) is 0 Å². The van der Waals surface area contributed by atoms with Crippen molar-refractivity contribution >= 4 is 35.2 Å². The van der Waals surface area contributed by atoms with Crippen LogP contribution in [-0.4, -0.2) is 36.6 Å². The van der Waals surface area contributed by atoms with E-state index in [0.717, 1.165) is 24.9 Å². The number of halogens is 2. The Hall–Kier alpha value is -1.03. The number of rotatable bonds is 2. The number of carbonyl (C=O) groups excluding carboxylic acids is 1. The molecule has 1 aromatic carbocycles. The SMILES string of the molecule is COC(=O)C1C2CC3CCC1N3C/C2=C\c1ccc(Cl)c(Cl)c1. The Morgan fingerprint density at radius 1 is 1.30 bits per heavy atom. The maximum Gasteiger partial charge on any atom is 0.310 e. The van der Waals surface area contributed by atoms with Crippen LogP contribution in [0.5, 0.6) is 0 Å². The molecule has 0 spiro atoms. The fourth-order valence-corrected chi connectivity index (χ4v) is 5.00. The van der Waals surface area contributed by atoms with Gasteiger partial charge in [0.2, 0.25) is 0 Å². The van der Waals surface area contributed by atoms with Gasteiger partial charge in [-0.2, -0.15) is 0 Å². The van der Waals surface area contributed by atoms with Gasteiger partial charge in [-0.1, -0.05) is 40.9 Å². The van der Waals surface area contributed by atoms with Gasteiger partial charge in [-0.15, -0.1) is 0 Å². The second-order valence-electron chi connectivity index (χ2n) is 6.75. The van der Waals surface area contributed by atoms with Crippen LogP contribution >= 0.6 is 23.2 Å². The van der Waals surface area contributed by atoms with Gasteiger partial charge < -0.3 is 4.74 Å². The average molecular weight is 352 g/mol. The number of piperidine rings is 3. The summed E-state index contributed by atoms with van der Waals surface area (Å²) in [4.78, 5) is 14.8. The highest BCUT2D eigenvalue weighted by Crippen LogP contribution is 2.50. The van der Waals surface area contributed by atoms with Gasteiger partial charge >= 0.3 is 5.97 Å². The maximum atomic E-state index is 12.3. The summed E-state index contributed by atoms with van der Waals surface area (Å²) in [5, 5.41) is 1.13. The molecule has 4 fully saturated rings. The number of esters is 1. The van der Waals surface area contributed by atoms with E-state index in [0.29, 0.717) is 28.0 Å². The van der Waals surface area contributed by atoms with Gasteiger partial charge in [-0.25, -0.2) is 0 Å². The number of carbonyl (C=O) groups is 1. The molecule has 4 bridgehead atoms. The van der Waals surface area contributed by atoms with Gasteiger partial charge in [0, 0.05) is 18.6 Å². The first-order valence-electron chi connectivity index (χ1n) is 8.07. The average Bonchev–Trinajstić information content (AvgIpc) is 2.85. The van der Waals surface area contributed by atoms with Crippen molar-refractivity contribution in [3.63, 3.8) is 0 Å². The molecule has 4 aliphatic rings. The van der Waals surface area contributed by atoms with Crippen LogP contribution in [-0.2, 0) is 9.53 Å². The minimum absolute atomic E-state index is 0.0264. The lowest BCUT2D eigenvalue weighted by Crippen LogP contribution is -2.58. The fraction of sp³-hybridized carbons (Fsp3) is 0.500. The molecule has 5 atom stereocenters. The lowest BCUT2D eigenvalue weighted by Gasteiger charge is -2.50. The predicted molar refractivity (Wildman–Crippen MR) is 91.6 cm³/mol. The Morgan fingerprint density at radius 3 is 2.87 bits per heavy atom. The normalized spacial score (nSPS) is 36.5. The second kappa shape index (κ2) is 5.80. The van der Waals surface area contributed by atoms with E-state index in [1.165, 1.54) is 19.1 Å². The third kappa shape index (κ3) is 2.50. The minimum atomic E-state index is -0.0647. The fourth-order valence-electron chi connectivity index (χ4n) is 4.70. The van der Waals surface area contributed by atoms with Crippen LogP contribution < -0.4 is 0 Å². The zero-order valence-corrected chi connectivity index (χ0v) is 14.5. The monoisotopic (exact) mass is 351 g/mol. The lowest BCUT2D eigenvalue weighted by molar-refractivity contribution is -0.153. The smallest absolute Gasteiger partial charge is 0.310 e. The number of nitrogens with zero attached hydrogens (tertiary/aromatic N) is 1. The molecule has 5 rings (SSSR count). The molecule has 4 heterocycles. The van der Waals surface area contributed by atoms with Crippen molar-refractivity contribution in [2.24, 2.45) is 11.8 Å². The first-order chi connectivity index (χ1) is 11.1. The zero-order chi connectivity index (χ0) is 16.1. The molecule has 3 nitrogen and oxygen atoms in total. The molecule has 5 unspecified atom stereocenters. The highest BCUT2D eigenvalue weighted by molar-refractivity contribution is 6.42. The summed E-state index contributed by atoms with van der Waals surface area (Å²) in [6, 6.07) is 6.67. The summed E-state index contributed by atoms with van der Waals surface area (Å²) >= 11 is 12.1. The number of hydrogen-bond acceptors (Lipinski definition) is 3. The Labute approximate surface area is 146 Å². The van der Waals surface area contributed by atoms with Crippen molar-refractivity contribution in [1.82, 2.24) is 4.90 Å². The Bertz CT molecular complexity index is 688. The summed E-state index contributed by atoms with van der Waals surface area (Å²) < 4.78 is 5.09. The molecule has 122 valence electrons. The molecule has 4 aliphatic heterocycles. The van der Waals surface area contributed by atoms with Crippen molar-refractivity contribution in [2.45, 2.75) is 31.3 Å². The zero-order valence-electron chi connectivity index (χ0n) is 13.0. The molecule has 0 radical (unpaired) electrons. The summed E-state index contributed by atoms with van der Waals surface area (Å²) in [5.41, 5.74) is 2.35. The highest BCUT2D eigenvalue weighted by atomic mass is 35.5. The number of benzene rings is 1. The molecule has 0 aliphatic carbocycles. The summed E-state index contributed by atoms with van der Waals surface area (Å²) in [5.74, 6) is 0.200. The summed E-state index contributed by atoms with van der Waals surface area (Å²) in [7, 11) is 1.49. The molecule has 1 aromatic rings. The topological polar surface area (TPSA) is 29.5 Å². The standard InChI is InChI=1S/C18H19Cl2NO2/c1-23-18(22)17-13-8-12-3-5-16(17)21(12)9-11(13)6-10-2-4-14(19)15(20)7-10/h2,4,6-7,12-13,16-17H,3,5,8-9H2,1H3/b11-6+. The summed E-state index contributed by atoms with van der Waals surface area (Å²) in [6.45, 7) is 0.952. The van der Waals surface area contributed by atoms with E-state index in [4.69, 9.17) is 27.9 Å². The quantitative estimate of drug-likeness (QED) is 0.753. The minimum Gasteiger partial charge on any atom is -0.469 e. The van der Waals surface area contributed by atoms with Crippen LogP contribution in [0.25, 0.3) is 6.08 Å². The maximum absolute atomic E-state index is 12.3. The van der Waals surface area contributed by atoms with E-state index in [2.05, 4.69) is 11.0 Å². The Balaban J connectivity index is 1.69. The Morgan fingerprint density at radius 2 is 2.13 bits per heavy atom. The van der Waals surface area contributed by atoms with Gasteiger partial charge in [0.05, 0.1) is 23.1 Å². The molecule has 0 aromatic heterocycles. The van der Waals surface area contributed by atoms with E-state index in [1.807, 2.05) is 18.2 Å². The third-order valence-corrected chi connectivity index (χ3v) is 6.41. The molecular formula is C18H19Cl2NO2. The second-order valence-corrected chi connectivity index (χ2v) is 7.57. The van der Waals surface area contributed by atoms with Crippen molar-refractivity contribution < 1.29 is 9.53 Å². The van der Waals surface area contributed by atoms with E-state index in [1.54, 1.807) is 0 Å². The van der Waals surface area contributed by atoms with E-state index >= 15 is 0 Å². The molecular weight excluding hydrogens is 333 g/mol. The van der Waals surface area contributed by atoms with Crippen molar-refractivity contribution in [3.8, 4) is 0 Å². The van der Waals surface area contributed by atoms with E-state index in [9.17, 15) is 4.79 Å². The van der Waals surface area contributed by atoms with Crippen LogP contribution in [0.4, 0.5) is 0 Å². The summed E-state index contributed by atoms with van der Waals surface area (Å²) in [6.07, 6.45) is 5.55. The van der Waals surface area contributed by atoms with Crippen LogP contribution in [0.2, 0.25) is 10.0 Å².